The molecule has 7 nitrogen and oxygen atoms in total. The summed E-state index contributed by atoms with van der Waals surface area (Å²) in [6, 6.07) is 3.90. The quantitative estimate of drug-likeness (QED) is 0.633. The SMILES string of the molecule is Cc1cc(NC2CCC3NNCC3C2)nc(N2CC3CNC3C2)n1. The van der Waals surface area contributed by atoms with Gasteiger partial charge in [-0.25, -0.2) is 4.98 Å². The van der Waals surface area contributed by atoms with E-state index in [4.69, 9.17) is 4.98 Å². The smallest absolute Gasteiger partial charge is 0.227 e. The van der Waals surface area contributed by atoms with Crippen molar-refractivity contribution in [3.05, 3.63) is 11.8 Å². The predicted molar refractivity (Wildman–Crippen MR) is 93.9 cm³/mol. The molecule has 0 amide bonds. The first-order valence-electron chi connectivity index (χ1n) is 9.33. The molecule has 1 aromatic heterocycles. The molecule has 1 aromatic rings. The lowest BCUT2D eigenvalue weighted by atomic mass is 9.83. The van der Waals surface area contributed by atoms with Crippen molar-refractivity contribution in [3.63, 3.8) is 0 Å². The number of nitrogens with one attached hydrogen (secondary N) is 4. The second kappa shape index (κ2) is 5.82. The van der Waals surface area contributed by atoms with Crippen molar-refractivity contribution in [2.24, 2.45) is 11.8 Å². The van der Waals surface area contributed by atoms with Crippen LogP contribution < -0.4 is 26.4 Å². The first-order valence-corrected chi connectivity index (χ1v) is 9.33. The molecule has 4 fully saturated rings. The second-order valence-corrected chi connectivity index (χ2v) is 7.92. The predicted octanol–water partition coefficient (Wildman–Crippen LogP) is 0.250. The van der Waals surface area contributed by atoms with Crippen LogP contribution in [0.1, 0.15) is 25.0 Å². The molecule has 5 unspecified atom stereocenters. The van der Waals surface area contributed by atoms with E-state index in [1.807, 2.05) is 0 Å². The summed E-state index contributed by atoms with van der Waals surface area (Å²) in [6.45, 7) is 6.43. The van der Waals surface area contributed by atoms with E-state index in [2.05, 4.69) is 44.4 Å². The number of rotatable bonds is 3. The molecule has 1 saturated carbocycles. The van der Waals surface area contributed by atoms with Gasteiger partial charge in [0.1, 0.15) is 5.82 Å². The molecule has 3 aliphatic heterocycles. The maximum Gasteiger partial charge on any atom is 0.227 e. The van der Waals surface area contributed by atoms with Gasteiger partial charge in [0, 0.05) is 62.0 Å². The number of anilines is 2. The average molecular weight is 329 g/mol. The highest BCUT2D eigenvalue weighted by molar-refractivity contribution is 5.45. The summed E-state index contributed by atoms with van der Waals surface area (Å²) in [5, 5.41) is 7.19. The highest BCUT2D eigenvalue weighted by atomic mass is 15.4. The Morgan fingerprint density at radius 2 is 2.08 bits per heavy atom. The molecule has 5 atom stereocenters. The lowest BCUT2D eigenvalue weighted by Crippen LogP contribution is -2.51. The minimum atomic E-state index is 0.520. The summed E-state index contributed by atoms with van der Waals surface area (Å²) in [5.41, 5.74) is 7.75. The minimum absolute atomic E-state index is 0.520. The first-order chi connectivity index (χ1) is 11.7. The van der Waals surface area contributed by atoms with Crippen LogP contribution in [0.2, 0.25) is 0 Å². The van der Waals surface area contributed by atoms with Crippen LogP contribution in [0, 0.1) is 18.8 Å². The molecule has 5 rings (SSSR count). The van der Waals surface area contributed by atoms with Gasteiger partial charge in [0.2, 0.25) is 5.95 Å². The maximum atomic E-state index is 4.84. The Hall–Kier alpha value is -1.44. The number of aryl methyl sites for hydroxylation is 1. The molecule has 130 valence electrons. The third-order valence-corrected chi connectivity index (χ3v) is 6.19. The van der Waals surface area contributed by atoms with Gasteiger partial charge >= 0.3 is 0 Å². The van der Waals surface area contributed by atoms with Gasteiger partial charge in [0.05, 0.1) is 0 Å². The molecule has 7 heteroatoms. The summed E-state index contributed by atoms with van der Waals surface area (Å²) >= 11 is 0. The van der Waals surface area contributed by atoms with Crippen LogP contribution in [0.15, 0.2) is 6.07 Å². The number of nitrogens with zero attached hydrogens (tertiary/aromatic N) is 3. The Morgan fingerprint density at radius 1 is 1.12 bits per heavy atom. The van der Waals surface area contributed by atoms with Crippen LogP contribution in [0.25, 0.3) is 0 Å². The van der Waals surface area contributed by atoms with Gasteiger partial charge in [0.15, 0.2) is 0 Å². The van der Waals surface area contributed by atoms with E-state index < -0.39 is 0 Å². The molecular formula is C17H27N7. The van der Waals surface area contributed by atoms with Gasteiger partial charge in [-0.2, -0.15) is 4.98 Å². The van der Waals surface area contributed by atoms with Gasteiger partial charge in [-0.05, 0) is 32.1 Å². The fraction of sp³-hybridized carbons (Fsp3) is 0.765. The minimum Gasteiger partial charge on any atom is -0.367 e. The normalized spacial score (nSPS) is 37.7. The number of fused-ring (bicyclic) bond motifs is 2. The Bertz CT molecular complexity index is 609. The molecule has 3 saturated heterocycles. The largest absolute Gasteiger partial charge is 0.367 e. The van der Waals surface area contributed by atoms with E-state index in [-0.39, 0.29) is 0 Å². The van der Waals surface area contributed by atoms with Crippen LogP contribution in [-0.2, 0) is 0 Å². The van der Waals surface area contributed by atoms with Gasteiger partial charge in [0.25, 0.3) is 0 Å². The Morgan fingerprint density at radius 3 is 2.88 bits per heavy atom. The van der Waals surface area contributed by atoms with E-state index in [9.17, 15) is 0 Å². The summed E-state index contributed by atoms with van der Waals surface area (Å²) in [4.78, 5) is 11.9. The number of hydrogen-bond donors (Lipinski definition) is 4. The van der Waals surface area contributed by atoms with Crippen LogP contribution in [-0.4, -0.2) is 54.3 Å². The summed E-state index contributed by atoms with van der Waals surface area (Å²) in [5.74, 6) is 3.40. The highest BCUT2D eigenvalue weighted by Crippen LogP contribution is 2.30. The highest BCUT2D eigenvalue weighted by Gasteiger charge is 2.40. The lowest BCUT2D eigenvalue weighted by Gasteiger charge is -2.31. The van der Waals surface area contributed by atoms with Crippen molar-refractivity contribution in [1.82, 2.24) is 26.1 Å². The Balaban J connectivity index is 1.29. The number of hydrazine groups is 1. The molecule has 24 heavy (non-hydrogen) atoms. The average Bonchev–Trinajstić information content (AvgIpc) is 3.11. The van der Waals surface area contributed by atoms with Crippen molar-refractivity contribution < 1.29 is 0 Å². The monoisotopic (exact) mass is 329 g/mol. The molecule has 0 bridgehead atoms. The standard InChI is InChI=1S/C17H27N7/c1-10-4-16(21-13-2-3-14-11(5-13)7-19-23-14)22-17(20-10)24-8-12-6-18-15(12)9-24/h4,11-15,18-19,23H,2-3,5-9H2,1H3,(H,20,21,22). The van der Waals surface area contributed by atoms with Crippen molar-refractivity contribution in [3.8, 4) is 0 Å². The van der Waals surface area contributed by atoms with Gasteiger partial charge < -0.3 is 15.5 Å². The van der Waals surface area contributed by atoms with E-state index in [1.54, 1.807) is 0 Å². The van der Waals surface area contributed by atoms with Gasteiger partial charge in [-0.1, -0.05) is 0 Å². The summed E-state index contributed by atoms with van der Waals surface area (Å²) in [7, 11) is 0. The van der Waals surface area contributed by atoms with Crippen molar-refractivity contribution >= 4 is 11.8 Å². The van der Waals surface area contributed by atoms with Crippen molar-refractivity contribution in [2.45, 2.75) is 44.3 Å². The molecule has 1 aliphatic carbocycles. The Labute approximate surface area is 143 Å². The first kappa shape index (κ1) is 14.9. The second-order valence-electron chi connectivity index (χ2n) is 7.92. The zero-order valence-corrected chi connectivity index (χ0v) is 14.3. The van der Waals surface area contributed by atoms with Crippen LogP contribution in [0.3, 0.4) is 0 Å². The molecule has 4 N–H and O–H groups in total. The Kier molecular flexibility index (Phi) is 3.61. The van der Waals surface area contributed by atoms with Crippen LogP contribution in [0.5, 0.6) is 0 Å². The maximum absolute atomic E-state index is 4.84. The fourth-order valence-electron chi connectivity index (χ4n) is 4.72. The number of aromatic nitrogens is 2. The van der Waals surface area contributed by atoms with Crippen LogP contribution >= 0.6 is 0 Å². The third-order valence-electron chi connectivity index (χ3n) is 6.19. The zero-order chi connectivity index (χ0) is 16.1. The molecule has 0 radical (unpaired) electrons. The fourth-order valence-corrected chi connectivity index (χ4v) is 4.72. The van der Waals surface area contributed by atoms with E-state index in [0.717, 1.165) is 55.5 Å². The topological polar surface area (TPSA) is 77.1 Å². The van der Waals surface area contributed by atoms with Crippen LogP contribution in [0.4, 0.5) is 11.8 Å². The zero-order valence-electron chi connectivity index (χ0n) is 14.3. The molecule has 0 aromatic carbocycles. The van der Waals surface area contributed by atoms with Gasteiger partial charge in [-0.15, -0.1) is 0 Å². The molecule has 4 heterocycles. The van der Waals surface area contributed by atoms with E-state index in [0.29, 0.717) is 18.1 Å². The third kappa shape index (κ3) is 2.64. The molecule has 0 spiro atoms. The molecule has 4 aliphatic rings. The summed E-state index contributed by atoms with van der Waals surface area (Å²) < 4.78 is 0. The molecular weight excluding hydrogens is 302 g/mol. The van der Waals surface area contributed by atoms with Crippen molar-refractivity contribution in [1.29, 1.82) is 0 Å². The number of hydrogen-bond acceptors (Lipinski definition) is 7. The van der Waals surface area contributed by atoms with Crippen molar-refractivity contribution in [2.75, 3.05) is 36.4 Å². The van der Waals surface area contributed by atoms with E-state index >= 15 is 0 Å². The lowest BCUT2D eigenvalue weighted by molar-refractivity contribution is 0.297. The van der Waals surface area contributed by atoms with Gasteiger partial charge in [-0.3, -0.25) is 10.9 Å². The summed E-state index contributed by atoms with van der Waals surface area (Å²) in [6.07, 6.45) is 3.64. The van der Waals surface area contributed by atoms with E-state index in [1.165, 1.54) is 19.3 Å².